The van der Waals surface area contributed by atoms with Crippen LogP contribution >= 0.6 is 11.3 Å². The van der Waals surface area contributed by atoms with Crippen molar-refractivity contribution in [2.45, 2.75) is 44.0 Å². The third-order valence-electron chi connectivity index (χ3n) is 5.45. The molecule has 0 bridgehead atoms. The molecule has 4 rings (SSSR count). The number of rotatable bonds is 7. The molecule has 11 nitrogen and oxygen atoms in total. The second-order valence-electron chi connectivity index (χ2n) is 9.69. The number of piperidine rings is 1. The van der Waals surface area contributed by atoms with E-state index in [4.69, 9.17) is 4.74 Å². The van der Waals surface area contributed by atoms with Gasteiger partial charge in [-0.05, 0) is 64.3 Å². The molecule has 2 aromatic carbocycles. The molecule has 1 aliphatic rings. The standard InChI is InChI=1S/C25H28N5O6S2/c1-25(2,3)28-38(34,35)22-15-17(27-24(31)36-19-10-8-18(9-11-19)30(32)33)7-12-20(22)21-16-26-23(37-21)29-13-5-4-6-14-29/h4,7-12,15-16,28H,5-6,13-14H2,1-3H3,(H,27,31). The fourth-order valence-electron chi connectivity index (χ4n) is 3.85. The van der Waals surface area contributed by atoms with E-state index in [9.17, 15) is 23.3 Å². The van der Waals surface area contributed by atoms with Crippen LogP contribution in [-0.2, 0) is 10.0 Å². The van der Waals surface area contributed by atoms with Gasteiger partial charge in [0, 0.05) is 48.2 Å². The second kappa shape index (κ2) is 11.1. The lowest BCUT2D eigenvalue weighted by Crippen LogP contribution is -2.40. The average molecular weight is 559 g/mol. The van der Waals surface area contributed by atoms with Gasteiger partial charge in [-0.15, -0.1) is 0 Å². The number of carbonyl (C=O) groups is 1. The number of nitrogens with zero attached hydrogens (tertiary/aromatic N) is 3. The summed E-state index contributed by atoms with van der Waals surface area (Å²) in [4.78, 5) is 30.1. The maximum atomic E-state index is 13.4. The summed E-state index contributed by atoms with van der Waals surface area (Å²) in [7, 11) is -3.99. The highest BCUT2D eigenvalue weighted by Gasteiger charge is 2.27. The van der Waals surface area contributed by atoms with Gasteiger partial charge in [-0.25, -0.2) is 22.9 Å². The van der Waals surface area contributed by atoms with Crippen molar-refractivity contribution in [3.63, 3.8) is 0 Å². The van der Waals surface area contributed by atoms with Gasteiger partial charge in [0.25, 0.3) is 5.69 Å². The Morgan fingerprint density at radius 3 is 2.45 bits per heavy atom. The second-order valence-corrected chi connectivity index (χ2v) is 12.4. The number of sulfonamides is 1. The van der Waals surface area contributed by atoms with Crippen molar-refractivity contribution in [3.8, 4) is 16.2 Å². The van der Waals surface area contributed by atoms with Gasteiger partial charge in [0.15, 0.2) is 5.13 Å². The lowest BCUT2D eigenvalue weighted by Gasteiger charge is -2.25. The van der Waals surface area contributed by atoms with Crippen LogP contribution in [0, 0.1) is 16.5 Å². The zero-order valence-electron chi connectivity index (χ0n) is 21.1. The van der Waals surface area contributed by atoms with E-state index >= 15 is 0 Å². The Morgan fingerprint density at radius 1 is 1.13 bits per heavy atom. The Kier molecular flexibility index (Phi) is 7.99. The Labute approximate surface area is 225 Å². The van der Waals surface area contributed by atoms with Crippen molar-refractivity contribution in [2.24, 2.45) is 0 Å². The fourth-order valence-corrected chi connectivity index (χ4v) is 6.59. The van der Waals surface area contributed by atoms with Crippen molar-refractivity contribution >= 4 is 44.0 Å². The van der Waals surface area contributed by atoms with E-state index in [0.717, 1.165) is 31.1 Å². The maximum absolute atomic E-state index is 13.4. The topological polar surface area (TPSA) is 144 Å². The van der Waals surface area contributed by atoms with E-state index in [-0.39, 0.29) is 22.0 Å². The molecule has 1 fully saturated rings. The highest BCUT2D eigenvalue weighted by Crippen LogP contribution is 2.37. The average Bonchev–Trinajstić information content (AvgIpc) is 3.34. The van der Waals surface area contributed by atoms with Crippen molar-refractivity contribution in [1.82, 2.24) is 9.71 Å². The normalized spacial score (nSPS) is 14.2. The summed E-state index contributed by atoms with van der Waals surface area (Å²) in [5.74, 6) is 0.0967. The van der Waals surface area contributed by atoms with Gasteiger partial charge in [0.2, 0.25) is 10.0 Å². The largest absolute Gasteiger partial charge is 0.417 e. The summed E-state index contributed by atoms with van der Waals surface area (Å²) in [6, 6.07) is 9.60. The first-order valence-electron chi connectivity index (χ1n) is 11.9. The van der Waals surface area contributed by atoms with Gasteiger partial charge in [-0.1, -0.05) is 17.4 Å². The lowest BCUT2D eigenvalue weighted by molar-refractivity contribution is -0.384. The summed E-state index contributed by atoms with van der Waals surface area (Å²) >= 11 is 1.41. The van der Waals surface area contributed by atoms with Crippen LogP contribution in [0.4, 0.5) is 21.3 Å². The number of aromatic nitrogens is 1. The molecule has 1 aromatic heterocycles. The Hall–Kier alpha value is -3.55. The van der Waals surface area contributed by atoms with E-state index in [0.29, 0.717) is 10.4 Å². The number of nitro groups is 1. The molecule has 1 saturated heterocycles. The van der Waals surface area contributed by atoms with Crippen LogP contribution in [0.15, 0.2) is 53.6 Å². The number of anilines is 2. The van der Waals surface area contributed by atoms with E-state index in [1.807, 2.05) is 0 Å². The van der Waals surface area contributed by atoms with E-state index in [1.54, 1.807) is 39.1 Å². The molecule has 0 aliphatic carbocycles. The first-order valence-corrected chi connectivity index (χ1v) is 14.2. The van der Waals surface area contributed by atoms with Gasteiger partial charge in [0.05, 0.1) is 14.7 Å². The minimum Gasteiger partial charge on any atom is -0.410 e. The van der Waals surface area contributed by atoms with E-state index < -0.39 is 26.6 Å². The molecule has 0 saturated carbocycles. The maximum Gasteiger partial charge on any atom is 0.417 e. The molecule has 13 heteroatoms. The quantitative estimate of drug-likeness (QED) is 0.297. The third kappa shape index (κ3) is 6.85. The summed E-state index contributed by atoms with van der Waals surface area (Å²) in [6.45, 7) is 6.96. The van der Waals surface area contributed by atoms with Crippen LogP contribution in [0.2, 0.25) is 0 Å². The number of carbonyl (C=O) groups excluding carboxylic acids is 1. The SMILES string of the molecule is CC(C)(C)NS(=O)(=O)c1cc(NC(=O)Oc2ccc([N+](=O)[O-])cc2)ccc1-c1cnc(N2CC[CH]CC2)s1. The molecule has 1 aliphatic heterocycles. The molecule has 2 N–H and O–H groups in total. The van der Waals surface area contributed by atoms with Gasteiger partial charge in [-0.3, -0.25) is 15.4 Å². The first-order chi connectivity index (χ1) is 17.9. The molecular formula is C25H28N5O6S2. The number of hydrogen-bond donors (Lipinski definition) is 2. The summed E-state index contributed by atoms with van der Waals surface area (Å²) in [5, 5.41) is 14.2. The number of amides is 1. The number of ether oxygens (including phenoxy) is 1. The van der Waals surface area contributed by atoms with E-state index in [1.165, 1.54) is 41.7 Å². The number of benzene rings is 2. The lowest BCUT2D eigenvalue weighted by atomic mass is 10.1. The Bertz CT molecular complexity index is 1430. The van der Waals surface area contributed by atoms with Crippen molar-refractivity contribution in [2.75, 3.05) is 23.3 Å². The van der Waals surface area contributed by atoms with Crippen LogP contribution in [0.25, 0.3) is 10.4 Å². The first kappa shape index (κ1) is 27.5. The van der Waals surface area contributed by atoms with Crippen molar-refractivity contribution in [1.29, 1.82) is 0 Å². The van der Waals surface area contributed by atoms with Crippen molar-refractivity contribution < 1.29 is 22.9 Å². The molecule has 2 heterocycles. The minimum absolute atomic E-state index is 0.0114. The zero-order chi connectivity index (χ0) is 27.5. The number of hydrogen-bond acceptors (Lipinski definition) is 9. The molecule has 201 valence electrons. The smallest absolute Gasteiger partial charge is 0.410 e. The van der Waals surface area contributed by atoms with Crippen LogP contribution in [-0.4, -0.2) is 43.0 Å². The molecular weight excluding hydrogens is 530 g/mol. The predicted molar refractivity (Wildman–Crippen MR) is 146 cm³/mol. The minimum atomic E-state index is -3.99. The van der Waals surface area contributed by atoms with Crippen LogP contribution < -0.4 is 19.7 Å². The van der Waals surface area contributed by atoms with Gasteiger partial charge < -0.3 is 9.64 Å². The number of non-ortho nitro benzene ring substituents is 1. The van der Waals surface area contributed by atoms with Crippen LogP contribution in [0.3, 0.4) is 0 Å². The molecule has 1 amide bonds. The summed E-state index contributed by atoms with van der Waals surface area (Å²) in [5.41, 5.74) is -0.216. The highest BCUT2D eigenvalue weighted by molar-refractivity contribution is 7.89. The number of nitro benzene ring substituents is 1. The molecule has 1 radical (unpaired) electrons. The Morgan fingerprint density at radius 2 is 1.82 bits per heavy atom. The summed E-state index contributed by atoms with van der Waals surface area (Å²) in [6.07, 6.45) is 4.98. The number of nitrogens with one attached hydrogen (secondary N) is 2. The van der Waals surface area contributed by atoms with Gasteiger partial charge >= 0.3 is 6.09 Å². The number of thiazole rings is 1. The fraction of sp³-hybridized carbons (Fsp3) is 0.320. The third-order valence-corrected chi connectivity index (χ3v) is 8.34. The van der Waals surface area contributed by atoms with Gasteiger partial charge in [0.1, 0.15) is 5.75 Å². The Balaban J connectivity index is 1.61. The van der Waals surface area contributed by atoms with Crippen LogP contribution in [0.5, 0.6) is 5.75 Å². The molecule has 0 spiro atoms. The van der Waals surface area contributed by atoms with E-state index in [2.05, 4.69) is 26.3 Å². The van der Waals surface area contributed by atoms with Crippen molar-refractivity contribution in [3.05, 3.63) is 65.2 Å². The van der Waals surface area contributed by atoms with Gasteiger partial charge in [-0.2, -0.15) is 0 Å². The zero-order valence-corrected chi connectivity index (χ0v) is 22.8. The van der Waals surface area contributed by atoms with Crippen LogP contribution in [0.1, 0.15) is 33.6 Å². The highest BCUT2D eigenvalue weighted by atomic mass is 32.2. The predicted octanol–water partition coefficient (Wildman–Crippen LogP) is 5.21. The summed E-state index contributed by atoms with van der Waals surface area (Å²) < 4.78 is 34.7. The molecule has 0 unspecified atom stereocenters. The molecule has 0 atom stereocenters. The monoisotopic (exact) mass is 558 g/mol. The molecule has 3 aromatic rings. The molecule has 38 heavy (non-hydrogen) atoms.